The van der Waals surface area contributed by atoms with Crippen LogP contribution in [-0.4, -0.2) is 60.2 Å². The first kappa shape index (κ1) is 24.1. The second-order valence-corrected chi connectivity index (χ2v) is 11.1. The molecule has 2 heterocycles. The third-order valence-electron chi connectivity index (χ3n) is 5.74. The topological polar surface area (TPSA) is 106 Å². The fourth-order valence-corrected chi connectivity index (χ4v) is 6.53. The molecule has 0 unspecified atom stereocenters. The number of thioether (sulfide) groups is 1. The molecule has 0 saturated carbocycles. The van der Waals surface area contributed by atoms with Crippen LogP contribution in [0.5, 0.6) is 0 Å². The molecular weight excluding hydrogens is 472 g/mol. The molecule has 2 aromatic carbocycles. The second-order valence-electron chi connectivity index (χ2n) is 7.99. The molecular formula is C24H26N4O4S2. The Balaban J connectivity index is 1.49. The molecule has 10 heteroatoms. The summed E-state index contributed by atoms with van der Waals surface area (Å²) in [4.78, 5) is 27.8. The number of nitrogens with two attached hydrogens (primary N) is 1. The van der Waals surface area contributed by atoms with Gasteiger partial charge in [-0.2, -0.15) is 4.31 Å². The molecule has 0 bridgehead atoms. The van der Waals surface area contributed by atoms with Gasteiger partial charge in [0.25, 0.3) is 5.91 Å². The van der Waals surface area contributed by atoms with Crippen LogP contribution in [0.2, 0.25) is 0 Å². The summed E-state index contributed by atoms with van der Waals surface area (Å²) in [5.74, 6) is -0.741. The minimum absolute atomic E-state index is 0.0189. The van der Waals surface area contributed by atoms with Crippen molar-refractivity contribution >= 4 is 33.6 Å². The van der Waals surface area contributed by atoms with Crippen LogP contribution in [0.4, 0.5) is 0 Å². The minimum atomic E-state index is -3.81. The van der Waals surface area contributed by atoms with E-state index in [0.29, 0.717) is 0 Å². The van der Waals surface area contributed by atoms with E-state index in [1.54, 1.807) is 11.9 Å². The Morgan fingerprint density at radius 3 is 2.09 bits per heavy atom. The van der Waals surface area contributed by atoms with Gasteiger partial charge in [-0.25, -0.2) is 8.42 Å². The van der Waals surface area contributed by atoms with Crippen LogP contribution in [0.3, 0.4) is 0 Å². The van der Waals surface area contributed by atoms with Gasteiger partial charge in [-0.3, -0.25) is 9.59 Å². The Morgan fingerprint density at radius 1 is 0.941 bits per heavy atom. The van der Waals surface area contributed by atoms with Gasteiger partial charge in [-0.15, -0.1) is 11.8 Å². The third-order valence-corrected chi connectivity index (χ3v) is 8.86. The average molecular weight is 499 g/mol. The van der Waals surface area contributed by atoms with Crippen molar-refractivity contribution in [3.8, 4) is 0 Å². The molecule has 0 aliphatic carbocycles. The lowest BCUT2D eigenvalue weighted by Gasteiger charge is -2.35. The number of rotatable bonds is 7. The molecule has 0 radical (unpaired) electrons. The summed E-state index contributed by atoms with van der Waals surface area (Å²) < 4.78 is 29.0. The van der Waals surface area contributed by atoms with Crippen molar-refractivity contribution < 1.29 is 18.0 Å². The largest absolute Gasteiger partial charge is 0.364 e. The maximum Gasteiger partial charge on any atom is 0.265 e. The van der Waals surface area contributed by atoms with Gasteiger partial charge in [0.05, 0.1) is 0 Å². The Bertz CT molecular complexity index is 1270. The molecule has 0 spiro atoms. The molecule has 1 saturated heterocycles. The zero-order chi connectivity index (χ0) is 24.3. The van der Waals surface area contributed by atoms with Gasteiger partial charge in [0, 0.05) is 44.3 Å². The molecule has 8 nitrogen and oxygen atoms in total. The summed E-state index contributed by atoms with van der Waals surface area (Å²) in [7, 11) is -2.23. The highest BCUT2D eigenvalue weighted by Gasteiger charge is 2.34. The van der Waals surface area contributed by atoms with E-state index in [-0.39, 0.29) is 42.7 Å². The van der Waals surface area contributed by atoms with Crippen LogP contribution in [0.25, 0.3) is 0 Å². The van der Waals surface area contributed by atoms with Crippen LogP contribution >= 0.6 is 11.8 Å². The second kappa shape index (κ2) is 10.0. The normalized spacial score (nSPS) is 15.7. The molecule has 1 aliphatic heterocycles. The van der Waals surface area contributed by atoms with E-state index >= 15 is 0 Å². The highest BCUT2D eigenvalue weighted by Crippen LogP contribution is 2.37. The Kier molecular flexibility index (Phi) is 7.11. The first-order valence-corrected chi connectivity index (χ1v) is 13.1. The molecule has 1 aliphatic rings. The summed E-state index contributed by atoms with van der Waals surface area (Å²) >= 11 is 1.48. The number of carbonyl (C=O) groups is 2. The predicted octanol–water partition coefficient (Wildman–Crippen LogP) is 2.49. The number of carbonyl (C=O) groups excluding carboxylic acids is 2. The number of hydrogen-bond donors (Lipinski definition) is 1. The van der Waals surface area contributed by atoms with E-state index < -0.39 is 21.2 Å². The summed E-state index contributed by atoms with van der Waals surface area (Å²) in [5.41, 5.74) is 6.34. The lowest BCUT2D eigenvalue weighted by Crippen LogP contribution is -2.51. The SMILES string of the molecule is Cn1cc(S(=O)(=O)N2CCN(C(=O)[C@H](Sc3ccccc3)c3ccccc3)CC2)cc1C(N)=O. The number of aromatic nitrogens is 1. The maximum absolute atomic E-state index is 13.5. The van der Waals surface area contributed by atoms with Crippen LogP contribution < -0.4 is 5.73 Å². The van der Waals surface area contributed by atoms with Crippen molar-refractivity contribution in [2.75, 3.05) is 26.2 Å². The monoisotopic (exact) mass is 498 g/mol. The Hall–Kier alpha value is -3.08. The van der Waals surface area contributed by atoms with Crippen molar-refractivity contribution in [3.05, 3.63) is 84.2 Å². The highest BCUT2D eigenvalue weighted by molar-refractivity contribution is 8.00. The summed E-state index contributed by atoms with van der Waals surface area (Å²) in [6.07, 6.45) is 1.38. The number of aryl methyl sites for hydroxylation is 1. The van der Waals surface area contributed by atoms with Gasteiger partial charge in [0.2, 0.25) is 15.9 Å². The van der Waals surface area contributed by atoms with Gasteiger partial charge >= 0.3 is 0 Å². The fourth-order valence-electron chi connectivity index (χ4n) is 3.91. The molecule has 2 amide bonds. The lowest BCUT2D eigenvalue weighted by atomic mass is 10.1. The van der Waals surface area contributed by atoms with E-state index in [9.17, 15) is 18.0 Å². The van der Waals surface area contributed by atoms with Crippen molar-refractivity contribution in [1.29, 1.82) is 0 Å². The Labute approximate surface area is 203 Å². The molecule has 1 aromatic heterocycles. The zero-order valence-electron chi connectivity index (χ0n) is 18.7. The van der Waals surface area contributed by atoms with Gasteiger partial charge in [-0.05, 0) is 23.8 Å². The van der Waals surface area contributed by atoms with Crippen molar-refractivity contribution in [3.63, 3.8) is 0 Å². The van der Waals surface area contributed by atoms with Crippen molar-refractivity contribution in [2.45, 2.75) is 15.0 Å². The molecule has 3 aromatic rings. The van der Waals surface area contributed by atoms with E-state index in [2.05, 4.69) is 0 Å². The summed E-state index contributed by atoms with van der Waals surface area (Å²) in [6, 6.07) is 20.6. The molecule has 178 valence electrons. The number of hydrogen-bond acceptors (Lipinski definition) is 5. The van der Waals surface area contributed by atoms with Crippen molar-refractivity contribution in [2.24, 2.45) is 12.8 Å². The number of primary amides is 1. The van der Waals surface area contributed by atoms with Crippen LogP contribution in [0.1, 0.15) is 21.3 Å². The first-order chi connectivity index (χ1) is 16.3. The highest BCUT2D eigenvalue weighted by atomic mass is 32.2. The Morgan fingerprint density at radius 2 is 1.53 bits per heavy atom. The van der Waals surface area contributed by atoms with Crippen LogP contribution in [-0.2, 0) is 21.9 Å². The van der Waals surface area contributed by atoms with Gasteiger partial charge in [-0.1, -0.05) is 48.5 Å². The molecule has 2 N–H and O–H groups in total. The summed E-state index contributed by atoms with van der Waals surface area (Å²) in [5, 5.41) is -0.431. The van der Waals surface area contributed by atoms with Gasteiger partial charge in [0.1, 0.15) is 15.8 Å². The first-order valence-electron chi connectivity index (χ1n) is 10.8. The van der Waals surface area contributed by atoms with Gasteiger partial charge < -0.3 is 15.2 Å². The lowest BCUT2D eigenvalue weighted by molar-refractivity contribution is -0.131. The minimum Gasteiger partial charge on any atom is -0.364 e. The van der Waals surface area contributed by atoms with Crippen LogP contribution in [0.15, 0.2) is 82.7 Å². The standard InChI is InChI=1S/C24H26N4O4S2/c1-26-17-20(16-21(26)23(25)29)34(31,32)28-14-12-27(13-15-28)24(30)22(18-8-4-2-5-9-18)33-19-10-6-3-7-11-19/h2-11,16-17,22H,12-15H2,1H3,(H2,25,29)/t22-/m1/s1. The molecule has 1 atom stereocenters. The third kappa shape index (κ3) is 5.03. The zero-order valence-corrected chi connectivity index (χ0v) is 20.3. The fraction of sp³-hybridized carbons (Fsp3) is 0.250. The predicted molar refractivity (Wildman–Crippen MR) is 131 cm³/mol. The van der Waals surface area contributed by atoms with E-state index in [1.165, 1.54) is 32.9 Å². The van der Waals surface area contributed by atoms with Gasteiger partial charge in [0.15, 0.2) is 0 Å². The number of amides is 2. The molecule has 34 heavy (non-hydrogen) atoms. The molecule has 4 rings (SSSR count). The quantitative estimate of drug-likeness (QED) is 0.504. The smallest absolute Gasteiger partial charge is 0.265 e. The van der Waals surface area contributed by atoms with Crippen LogP contribution in [0, 0.1) is 0 Å². The average Bonchev–Trinajstić information content (AvgIpc) is 3.26. The number of benzene rings is 2. The number of nitrogens with zero attached hydrogens (tertiary/aromatic N) is 3. The molecule has 1 fully saturated rings. The van der Waals surface area contributed by atoms with E-state index in [4.69, 9.17) is 5.73 Å². The maximum atomic E-state index is 13.5. The number of sulfonamides is 1. The van der Waals surface area contributed by atoms with Crippen molar-refractivity contribution in [1.82, 2.24) is 13.8 Å². The number of piperazine rings is 1. The summed E-state index contributed by atoms with van der Waals surface area (Å²) in [6.45, 7) is 0.914. The van der Waals surface area contributed by atoms with E-state index in [1.807, 2.05) is 60.7 Å². The van der Waals surface area contributed by atoms with E-state index in [0.717, 1.165) is 10.5 Å².